The Balaban J connectivity index is 2.39. The number of imide groups is 1. The molecule has 5 heteroatoms. The van der Waals surface area contributed by atoms with Gasteiger partial charge in [0.1, 0.15) is 6.10 Å². The number of fused-ring (bicyclic) bond motifs is 1. The second-order valence-electron chi connectivity index (χ2n) is 4.75. The van der Waals surface area contributed by atoms with Gasteiger partial charge < -0.3 is 10.8 Å². The average molecular weight is 262 g/mol. The molecular weight excluding hydrogens is 244 g/mol. The number of aliphatic hydroxyl groups is 1. The van der Waals surface area contributed by atoms with E-state index in [-0.39, 0.29) is 12.3 Å². The second-order valence-corrected chi connectivity index (χ2v) is 4.75. The van der Waals surface area contributed by atoms with Crippen LogP contribution < -0.4 is 10.6 Å². The van der Waals surface area contributed by atoms with Crippen molar-refractivity contribution in [3.05, 3.63) is 29.3 Å². The van der Waals surface area contributed by atoms with Crippen molar-refractivity contribution in [3.63, 3.8) is 0 Å². The van der Waals surface area contributed by atoms with Crippen LogP contribution in [-0.4, -0.2) is 29.6 Å². The van der Waals surface area contributed by atoms with Crippen molar-refractivity contribution in [2.75, 3.05) is 11.4 Å². The van der Waals surface area contributed by atoms with E-state index in [2.05, 4.69) is 0 Å². The molecule has 1 aromatic carbocycles. The van der Waals surface area contributed by atoms with Crippen LogP contribution in [0.25, 0.3) is 0 Å². The number of carbonyl (C=O) groups is 2. The zero-order valence-corrected chi connectivity index (χ0v) is 10.9. The lowest BCUT2D eigenvalue weighted by Gasteiger charge is -2.29. The zero-order chi connectivity index (χ0) is 14.0. The lowest BCUT2D eigenvalue weighted by atomic mass is 9.97. The first-order chi connectivity index (χ1) is 9.04. The lowest BCUT2D eigenvalue weighted by Crippen LogP contribution is -2.44. The van der Waals surface area contributed by atoms with Crippen molar-refractivity contribution in [1.82, 2.24) is 0 Å². The van der Waals surface area contributed by atoms with Crippen molar-refractivity contribution in [2.45, 2.75) is 32.3 Å². The molecule has 102 valence electrons. The van der Waals surface area contributed by atoms with E-state index >= 15 is 0 Å². The highest BCUT2D eigenvalue weighted by molar-refractivity contribution is 6.17. The fourth-order valence-corrected chi connectivity index (χ4v) is 2.30. The number of carbonyl (C=O) groups excluding carboxylic acids is 2. The summed E-state index contributed by atoms with van der Waals surface area (Å²) in [6.45, 7) is 1.93. The largest absolute Gasteiger partial charge is 0.384 e. The molecule has 0 aliphatic carbocycles. The van der Waals surface area contributed by atoms with E-state index in [0.717, 1.165) is 22.4 Å². The Bertz CT molecular complexity index is 511. The fourth-order valence-electron chi connectivity index (χ4n) is 2.30. The van der Waals surface area contributed by atoms with Crippen molar-refractivity contribution in [1.29, 1.82) is 0 Å². The Morgan fingerprint density at radius 3 is 2.84 bits per heavy atom. The van der Waals surface area contributed by atoms with E-state index < -0.39 is 12.0 Å². The van der Waals surface area contributed by atoms with E-state index in [1.54, 1.807) is 6.07 Å². The van der Waals surface area contributed by atoms with Crippen molar-refractivity contribution in [3.8, 4) is 0 Å². The minimum absolute atomic E-state index is 0.259. The van der Waals surface area contributed by atoms with Gasteiger partial charge in [-0.05, 0) is 43.5 Å². The first-order valence-corrected chi connectivity index (χ1v) is 6.41. The number of rotatable bonds is 3. The normalized spacial score (nSPS) is 16.2. The van der Waals surface area contributed by atoms with Gasteiger partial charge in [0, 0.05) is 6.42 Å². The monoisotopic (exact) mass is 262 g/mol. The molecule has 2 amide bonds. The van der Waals surface area contributed by atoms with Gasteiger partial charge in [-0.15, -0.1) is 0 Å². The van der Waals surface area contributed by atoms with E-state index in [1.807, 2.05) is 12.1 Å². The molecule has 1 aliphatic heterocycles. The molecule has 1 aromatic rings. The summed E-state index contributed by atoms with van der Waals surface area (Å²) in [6.07, 6.45) is 0.498. The Morgan fingerprint density at radius 2 is 2.21 bits per heavy atom. The third-order valence-electron chi connectivity index (χ3n) is 3.25. The molecule has 2 rings (SSSR count). The van der Waals surface area contributed by atoms with E-state index in [4.69, 9.17) is 5.73 Å². The first kappa shape index (κ1) is 13.7. The maximum Gasteiger partial charge on any atom is 0.262 e. The van der Waals surface area contributed by atoms with Crippen LogP contribution in [0.1, 0.15) is 24.5 Å². The van der Waals surface area contributed by atoms with Gasteiger partial charge in [-0.1, -0.05) is 12.1 Å². The SMILES string of the molecule is CC(O)C(=O)N1C(=O)CCc2cc(CCN)ccc21. The van der Waals surface area contributed by atoms with E-state index in [0.29, 0.717) is 18.7 Å². The Morgan fingerprint density at radius 1 is 1.47 bits per heavy atom. The van der Waals surface area contributed by atoms with Gasteiger partial charge in [0.05, 0.1) is 5.69 Å². The van der Waals surface area contributed by atoms with Crippen LogP contribution >= 0.6 is 0 Å². The number of benzene rings is 1. The number of amides is 2. The highest BCUT2D eigenvalue weighted by Crippen LogP contribution is 2.29. The molecule has 0 aromatic heterocycles. The molecule has 3 N–H and O–H groups in total. The lowest BCUT2D eigenvalue weighted by molar-refractivity contribution is -0.131. The average Bonchev–Trinajstić information content (AvgIpc) is 2.38. The number of anilines is 1. The topological polar surface area (TPSA) is 83.6 Å². The van der Waals surface area contributed by atoms with Gasteiger partial charge in [-0.2, -0.15) is 0 Å². The third kappa shape index (κ3) is 2.67. The highest BCUT2D eigenvalue weighted by Gasteiger charge is 2.31. The standard InChI is InChI=1S/C14H18N2O3/c1-9(17)14(19)16-12-4-2-10(6-7-15)8-11(12)3-5-13(16)18/h2,4,8-9,17H,3,5-7,15H2,1H3. The van der Waals surface area contributed by atoms with Crippen LogP contribution in [0, 0.1) is 0 Å². The summed E-state index contributed by atoms with van der Waals surface area (Å²) < 4.78 is 0. The molecule has 0 fully saturated rings. The van der Waals surface area contributed by atoms with Crippen LogP contribution in [0.2, 0.25) is 0 Å². The van der Waals surface area contributed by atoms with Gasteiger partial charge in [0.2, 0.25) is 5.91 Å². The van der Waals surface area contributed by atoms with E-state index in [9.17, 15) is 14.7 Å². The van der Waals surface area contributed by atoms with E-state index in [1.165, 1.54) is 6.92 Å². The molecule has 1 heterocycles. The first-order valence-electron chi connectivity index (χ1n) is 6.41. The summed E-state index contributed by atoms with van der Waals surface area (Å²) in [6, 6.07) is 5.61. The summed E-state index contributed by atoms with van der Waals surface area (Å²) in [5.74, 6) is -0.831. The van der Waals surface area contributed by atoms with Crippen molar-refractivity contribution in [2.24, 2.45) is 5.73 Å². The zero-order valence-electron chi connectivity index (χ0n) is 10.9. The molecule has 19 heavy (non-hydrogen) atoms. The molecule has 0 saturated carbocycles. The maximum absolute atomic E-state index is 11.9. The molecule has 5 nitrogen and oxygen atoms in total. The minimum atomic E-state index is -1.18. The molecule has 0 saturated heterocycles. The predicted octanol–water partition coefficient (Wildman–Crippen LogP) is 0.374. The van der Waals surface area contributed by atoms with Crippen LogP contribution in [-0.2, 0) is 22.4 Å². The molecule has 1 aliphatic rings. The van der Waals surface area contributed by atoms with Crippen LogP contribution in [0.3, 0.4) is 0 Å². The number of nitrogens with zero attached hydrogens (tertiary/aromatic N) is 1. The Kier molecular flexibility index (Phi) is 3.97. The number of hydrogen-bond acceptors (Lipinski definition) is 4. The molecule has 0 radical (unpaired) electrons. The molecule has 1 unspecified atom stereocenters. The van der Waals surface area contributed by atoms with Gasteiger partial charge in [-0.25, -0.2) is 4.90 Å². The second kappa shape index (κ2) is 5.50. The summed E-state index contributed by atoms with van der Waals surface area (Å²) in [7, 11) is 0. The summed E-state index contributed by atoms with van der Waals surface area (Å²) >= 11 is 0. The molecular formula is C14H18N2O3. The maximum atomic E-state index is 11.9. The molecule has 1 atom stereocenters. The quantitative estimate of drug-likeness (QED) is 0.824. The number of aryl methyl sites for hydroxylation is 1. The molecule has 0 spiro atoms. The Labute approximate surface area is 112 Å². The third-order valence-corrected chi connectivity index (χ3v) is 3.25. The summed E-state index contributed by atoms with van der Waals surface area (Å²) in [5.41, 5.74) is 8.16. The van der Waals surface area contributed by atoms with Crippen LogP contribution in [0.5, 0.6) is 0 Å². The summed E-state index contributed by atoms with van der Waals surface area (Å²) in [4.78, 5) is 24.9. The fraction of sp³-hybridized carbons (Fsp3) is 0.429. The van der Waals surface area contributed by atoms with Crippen molar-refractivity contribution < 1.29 is 14.7 Å². The smallest absolute Gasteiger partial charge is 0.262 e. The number of nitrogens with two attached hydrogens (primary N) is 1. The van der Waals surface area contributed by atoms with Gasteiger partial charge in [0.25, 0.3) is 5.91 Å². The van der Waals surface area contributed by atoms with Gasteiger partial charge in [-0.3, -0.25) is 9.59 Å². The van der Waals surface area contributed by atoms with Crippen molar-refractivity contribution >= 4 is 17.5 Å². The highest BCUT2D eigenvalue weighted by atomic mass is 16.3. The van der Waals surface area contributed by atoms with Gasteiger partial charge >= 0.3 is 0 Å². The number of aliphatic hydroxyl groups excluding tert-OH is 1. The van der Waals surface area contributed by atoms with Crippen LogP contribution in [0.15, 0.2) is 18.2 Å². The Hall–Kier alpha value is -1.72. The molecule has 0 bridgehead atoms. The van der Waals surface area contributed by atoms with Gasteiger partial charge in [0.15, 0.2) is 0 Å². The van der Waals surface area contributed by atoms with Crippen LogP contribution in [0.4, 0.5) is 5.69 Å². The minimum Gasteiger partial charge on any atom is -0.384 e. The summed E-state index contributed by atoms with van der Waals surface area (Å²) in [5, 5.41) is 9.40. The number of hydrogen-bond donors (Lipinski definition) is 2. The predicted molar refractivity (Wildman–Crippen MR) is 71.7 cm³/mol.